The lowest BCUT2D eigenvalue weighted by molar-refractivity contribution is -0.157. The fourth-order valence-electron chi connectivity index (χ4n) is 2.78. The lowest BCUT2D eigenvalue weighted by Gasteiger charge is -2.30. The third-order valence-electron chi connectivity index (χ3n) is 5.01. The van der Waals surface area contributed by atoms with E-state index in [2.05, 4.69) is 34.6 Å². The van der Waals surface area contributed by atoms with E-state index in [-0.39, 0.29) is 39.5 Å². The van der Waals surface area contributed by atoms with Gasteiger partial charge in [0.05, 0.1) is 35.9 Å². The van der Waals surface area contributed by atoms with Gasteiger partial charge in [-0.25, -0.2) is 0 Å². The molecule has 0 heterocycles. The lowest BCUT2D eigenvalue weighted by atomic mass is 10.1. The summed E-state index contributed by atoms with van der Waals surface area (Å²) < 4.78 is 23.2. The van der Waals surface area contributed by atoms with E-state index in [9.17, 15) is 9.90 Å². The summed E-state index contributed by atoms with van der Waals surface area (Å²) in [5.74, 6) is 0.476. The van der Waals surface area contributed by atoms with Gasteiger partial charge in [-0.05, 0) is 82.6 Å². The molecule has 0 saturated heterocycles. The minimum Gasteiger partial charge on any atom is -0.460 e. The van der Waals surface area contributed by atoms with Crippen molar-refractivity contribution < 1.29 is 28.8 Å². The summed E-state index contributed by atoms with van der Waals surface area (Å²) in [6.07, 6.45) is 1.01. The van der Waals surface area contributed by atoms with Crippen LogP contribution < -0.4 is 0 Å². The fourth-order valence-corrected chi connectivity index (χ4v) is 5.11. The van der Waals surface area contributed by atoms with E-state index in [1.807, 2.05) is 48.5 Å². The van der Waals surface area contributed by atoms with E-state index in [0.717, 1.165) is 6.42 Å². The Hall–Kier alpha value is 0.01000. The Kier molecular flexibility index (Phi) is 15.0. The molecule has 8 heteroatoms. The topological polar surface area (TPSA) is 74.2 Å². The van der Waals surface area contributed by atoms with Gasteiger partial charge in [0.25, 0.3) is 0 Å². The van der Waals surface area contributed by atoms with Crippen molar-refractivity contribution in [2.24, 2.45) is 5.92 Å². The summed E-state index contributed by atoms with van der Waals surface area (Å²) in [6, 6.07) is 0. The van der Waals surface area contributed by atoms with Crippen LogP contribution in [0.2, 0.25) is 0 Å². The summed E-state index contributed by atoms with van der Waals surface area (Å²) in [5.41, 5.74) is -0.715. The molecular formula is C28H56O6S2. The van der Waals surface area contributed by atoms with Crippen LogP contribution in [0.4, 0.5) is 0 Å². The highest BCUT2D eigenvalue weighted by Crippen LogP contribution is 2.34. The SMILES string of the molecule is CC(COC(C)(C)C)OC(=O)C(CSC(C)(C)CCOC(C)(C)C)CSC(C)(O)CCOC(C)(C)C. The number of hydrogen-bond acceptors (Lipinski definition) is 8. The molecule has 6 nitrogen and oxygen atoms in total. The van der Waals surface area contributed by atoms with Gasteiger partial charge in [0.15, 0.2) is 0 Å². The van der Waals surface area contributed by atoms with Gasteiger partial charge in [-0.15, -0.1) is 11.8 Å². The average Bonchev–Trinajstić information content (AvgIpc) is 2.63. The molecule has 0 aromatic carbocycles. The van der Waals surface area contributed by atoms with Crippen molar-refractivity contribution in [2.75, 3.05) is 31.3 Å². The van der Waals surface area contributed by atoms with Gasteiger partial charge in [0.2, 0.25) is 0 Å². The zero-order valence-corrected chi connectivity index (χ0v) is 27.0. The molecule has 0 radical (unpaired) electrons. The van der Waals surface area contributed by atoms with Gasteiger partial charge in [0, 0.05) is 29.3 Å². The van der Waals surface area contributed by atoms with Crippen molar-refractivity contribution in [3.63, 3.8) is 0 Å². The Bertz CT molecular complexity index is 593. The van der Waals surface area contributed by atoms with Crippen LogP contribution >= 0.6 is 23.5 Å². The molecule has 216 valence electrons. The van der Waals surface area contributed by atoms with E-state index < -0.39 is 4.93 Å². The second kappa shape index (κ2) is 15.0. The molecule has 0 aromatic rings. The Morgan fingerprint density at radius 2 is 1.17 bits per heavy atom. The maximum atomic E-state index is 13.2. The van der Waals surface area contributed by atoms with Crippen molar-refractivity contribution in [3.8, 4) is 0 Å². The number of aliphatic hydroxyl groups is 1. The molecule has 1 N–H and O–H groups in total. The second-order valence-electron chi connectivity index (χ2n) is 13.3. The summed E-state index contributed by atoms with van der Waals surface area (Å²) in [5, 5.41) is 10.9. The van der Waals surface area contributed by atoms with Gasteiger partial charge in [-0.3, -0.25) is 4.79 Å². The maximum absolute atomic E-state index is 13.2. The first-order valence-electron chi connectivity index (χ1n) is 13.1. The van der Waals surface area contributed by atoms with Gasteiger partial charge < -0.3 is 24.1 Å². The molecule has 3 atom stereocenters. The fraction of sp³-hybridized carbons (Fsp3) is 0.964. The normalized spacial score (nSPS) is 16.9. The zero-order valence-electron chi connectivity index (χ0n) is 25.4. The Balaban J connectivity index is 5.13. The summed E-state index contributed by atoms with van der Waals surface area (Å²) in [7, 11) is 0. The largest absolute Gasteiger partial charge is 0.460 e. The molecule has 0 amide bonds. The second-order valence-corrected chi connectivity index (χ2v) is 16.6. The molecule has 0 aromatic heterocycles. The first kappa shape index (κ1) is 36.0. The molecular weight excluding hydrogens is 496 g/mol. The highest BCUT2D eigenvalue weighted by molar-refractivity contribution is 8.01. The lowest BCUT2D eigenvalue weighted by Crippen LogP contribution is -2.34. The number of carbonyl (C=O) groups is 1. The molecule has 0 fully saturated rings. The Morgan fingerprint density at radius 1 is 0.722 bits per heavy atom. The standard InChI is InChI=1S/C28H56O6S2/c1-21(18-33-26(8,9)10)34-23(29)22(19-35-27(11,12)14-16-31-24(2,3)4)20-36-28(13,30)15-17-32-25(5,6)7/h21-22,30H,14-20H2,1-13H3. The molecule has 0 rings (SSSR count). The Morgan fingerprint density at radius 3 is 1.64 bits per heavy atom. The van der Waals surface area contributed by atoms with Crippen LogP contribution in [0.15, 0.2) is 0 Å². The first-order chi connectivity index (χ1) is 16.0. The molecule has 36 heavy (non-hydrogen) atoms. The van der Waals surface area contributed by atoms with Crippen molar-refractivity contribution >= 4 is 29.5 Å². The number of rotatable bonds is 16. The van der Waals surface area contributed by atoms with Gasteiger partial charge in [0.1, 0.15) is 11.0 Å². The third kappa shape index (κ3) is 21.0. The molecule has 0 bridgehead atoms. The number of ether oxygens (including phenoxy) is 4. The molecule has 0 spiro atoms. The third-order valence-corrected chi connectivity index (χ3v) is 7.96. The molecule has 0 aliphatic rings. The summed E-state index contributed by atoms with van der Waals surface area (Å²) >= 11 is 3.14. The van der Waals surface area contributed by atoms with Gasteiger partial charge in [-0.1, -0.05) is 13.8 Å². The van der Waals surface area contributed by atoms with Crippen molar-refractivity contribution in [1.29, 1.82) is 0 Å². The molecule has 0 aliphatic heterocycles. The summed E-state index contributed by atoms with van der Waals surface area (Å²) in [6.45, 7) is 27.6. The van der Waals surface area contributed by atoms with Crippen LogP contribution in [0.5, 0.6) is 0 Å². The smallest absolute Gasteiger partial charge is 0.310 e. The highest BCUT2D eigenvalue weighted by Gasteiger charge is 2.31. The number of thioether (sulfide) groups is 2. The van der Waals surface area contributed by atoms with E-state index >= 15 is 0 Å². The van der Waals surface area contributed by atoms with Crippen molar-refractivity contribution in [1.82, 2.24) is 0 Å². The minimum atomic E-state index is -0.995. The van der Waals surface area contributed by atoms with E-state index in [1.165, 1.54) is 11.8 Å². The first-order valence-corrected chi connectivity index (χ1v) is 15.1. The van der Waals surface area contributed by atoms with Gasteiger partial charge >= 0.3 is 5.97 Å². The van der Waals surface area contributed by atoms with E-state index in [0.29, 0.717) is 37.7 Å². The average molecular weight is 553 g/mol. The summed E-state index contributed by atoms with van der Waals surface area (Å²) in [4.78, 5) is 12.2. The van der Waals surface area contributed by atoms with Crippen LogP contribution in [-0.2, 0) is 23.7 Å². The van der Waals surface area contributed by atoms with Crippen molar-refractivity contribution in [3.05, 3.63) is 0 Å². The van der Waals surface area contributed by atoms with E-state index in [4.69, 9.17) is 18.9 Å². The number of hydrogen-bond donors (Lipinski definition) is 1. The van der Waals surface area contributed by atoms with Crippen LogP contribution in [0, 0.1) is 5.92 Å². The van der Waals surface area contributed by atoms with Crippen LogP contribution in [0.25, 0.3) is 0 Å². The monoisotopic (exact) mass is 552 g/mol. The number of carbonyl (C=O) groups excluding carboxylic acids is 1. The minimum absolute atomic E-state index is 0.0571. The quantitative estimate of drug-likeness (QED) is 0.167. The van der Waals surface area contributed by atoms with Crippen LogP contribution in [0.3, 0.4) is 0 Å². The van der Waals surface area contributed by atoms with E-state index in [1.54, 1.807) is 18.7 Å². The molecule has 3 unspecified atom stereocenters. The zero-order chi connectivity index (χ0) is 28.4. The maximum Gasteiger partial charge on any atom is 0.310 e. The molecule has 0 saturated carbocycles. The predicted octanol–water partition coefficient (Wildman–Crippen LogP) is 6.71. The molecule has 0 aliphatic carbocycles. The highest BCUT2D eigenvalue weighted by atomic mass is 32.2. The van der Waals surface area contributed by atoms with Crippen LogP contribution in [0.1, 0.15) is 103 Å². The van der Waals surface area contributed by atoms with Gasteiger partial charge in [-0.2, -0.15) is 11.8 Å². The van der Waals surface area contributed by atoms with Crippen LogP contribution in [-0.4, -0.2) is 75.0 Å². The number of esters is 1. The van der Waals surface area contributed by atoms with Crippen molar-refractivity contribution in [2.45, 2.75) is 135 Å². The predicted molar refractivity (Wildman–Crippen MR) is 155 cm³/mol. The Labute approximate surface area is 230 Å².